The van der Waals surface area contributed by atoms with Gasteiger partial charge in [-0.3, -0.25) is 4.90 Å². The van der Waals surface area contributed by atoms with E-state index in [4.69, 9.17) is 4.74 Å². The number of carbonyl (C=O) groups excluding carboxylic acids is 1. The van der Waals surface area contributed by atoms with E-state index in [1.54, 1.807) is 12.0 Å². The molecule has 1 N–H and O–H groups in total. The molecule has 0 unspecified atom stereocenters. The lowest BCUT2D eigenvalue weighted by molar-refractivity contribution is 0.199. The van der Waals surface area contributed by atoms with Crippen LogP contribution in [0.5, 0.6) is 0 Å². The minimum atomic E-state index is 0.0839. The average Bonchev–Trinajstić information content (AvgIpc) is 2.46. The van der Waals surface area contributed by atoms with Crippen LogP contribution in [-0.4, -0.2) is 51.3 Å². The Hall–Kier alpha value is -1.59. The molecular formula is C15H23N3O2. The number of nitrogens with zero attached hydrogens (tertiary/aromatic N) is 2. The predicted molar refractivity (Wildman–Crippen MR) is 80.0 cm³/mol. The van der Waals surface area contributed by atoms with Crippen molar-refractivity contribution in [1.29, 1.82) is 0 Å². The quantitative estimate of drug-likeness (QED) is 0.771. The number of urea groups is 1. The summed E-state index contributed by atoms with van der Waals surface area (Å²) >= 11 is 0. The van der Waals surface area contributed by atoms with Gasteiger partial charge >= 0.3 is 6.03 Å². The van der Waals surface area contributed by atoms with E-state index in [1.807, 2.05) is 30.1 Å². The van der Waals surface area contributed by atoms with E-state index in [1.165, 1.54) is 5.56 Å². The summed E-state index contributed by atoms with van der Waals surface area (Å²) < 4.78 is 4.98. The van der Waals surface area contributed by atoms with Crippen LogP contribution in [0.15, 0.2) is 24.3 Å². The number of hydrogen-bond acceptors (Lipinski definition) is 3. The van der Waals surface area contributed by atoms with Crippen LogP contribution < -0.4 is 10.2 Å². The molecule has 1 heterocycles. The topological polar surface area (TPSA) is 44.8 Å². The van der Waals surface area contributed by atoms with Crippen molar-refractivity contribution in [2.45, 2.75) is 13.0 Å². The SMILES string of the molecule is COCCNCCCN1C(=O)N(C)Cc2ccccc21. The Morgan fingerprint density at radius 2 is 2.10 bits per heavy atom. The standard InChI is InChI=1S/C15H23N3O2/c1-17-12-13-6-3-4-7-14(13)18(15(17)19)10-5-8-16-9-11-20-2/h3-4,6-7,16H,5,8-12H2,1-2H3. The molecule has 1 aromatic carbocycles. The number of benzene rings is 1. The molecule has 1 aromatic rings. The lowest BCUT2D eigenvalue weighted by Crippen LogP contribution is -2.46. The molecule has 0 radical (unpaired) electrons. The Kier molecular flexibility index (Phi) is 5.38. The van der Waals surface area contributed by atoms with Crippen molar-refractivity contribution in [1.82, 2.24) is 10.2 Å². The van der Waals surface area contributed by atoms with Crippen molar-refractivity contribution in [3.63, 3.8) is 0 Å². The number of fused-ring (bicyclic) bond motifs is 1. The third-order valence-corrected chi connectivity index (χ3v) is 3.47. The van der Waals surface area contributed by atoms with Gasteiger partial charge in [0.25, 0.3) is 0 Å². The van der Waals surface area contributed by atoms with Gasteiger partial charge < -0.3 is 15.0 Å². The molecule has 0 aliphatic carbocycles. The normalized spacial score (nSPS) is 14.6. The Morgan fingerprint density at radius 1 is 1.30 bits per heavy atom. The molecule has 5 heteroatoms. The molecular weight excluding hydrogens is 254 g/mol. The lowest BCUT2D eigenvalue weighted by Gasteiger charge is -2.35. The summed E-state index contributed by atoms with van der Waals surface area (Å²) in [4.78, 5) is 15.9. The highest BCUT2D eigenvalue weighted by molar-refractivity contribution is 5.94. The second kappa shape index (κ2) is 7.26. The summed E-state index contributed by atoms with van der Waals surface area (Å²) in [5.41, 5.74) is 2.26. The van der Waals surface area contributed by atoms with Gasteiger partial charge in [0.2, 0.25) is 0 Å². The molecule has 0 aromatic heterocycles. The van der Waals surface area contributed by atoms with Gasteiger partial charge in [-0.2, -0.15) is 0 Å². The number of hydrogen-bond donors (Lipinski definition) is 1. The highest BCUT2D eigenvalue weighted by atomic mass is 16.5. The Bertz CT molecular complexity index is 450. The molecule has 0 spiro atoms. The van der Waals surface area contributed by atoms with Crippen LogP contribution in [0.1, 0.15) is 12.0 Å². The maximum Gasteiger partial charge on any atom is 0.324 e. The smallest absolute Gasteiger partial charge is 0.324 e. The number of carbonyl (C=O) groups is 1. The first kappa shape index (κ1) is 14.8. The number of rotatable bonds is 7. The number of para-hydroxylation sites is 1. The Morgan fingerprint density at radius 3 is 2.90 bits per heavy atom. The van der Waals surface area contributed by atoms with Crippen molar-refractivity contribution in [2.75, 3.05) is 45.3 Å². The zero-order valence-electron chi connectivity index (χ0n) is 12.3. The van der Waals surface area contributed by atoms with E-state index < -0.39 is 0 Å². The van der Waals surface area contributed by atoms with E-state index >= 15 is 0 Å². The lowest BCUT2D eigenvalue weighted by atomic mass is 10.1. The number of anilines is 1. The van der Waals surface area contributed by atoms with Gasteiger partial charge in [0.15, 0.2) is 0 Å². The summed E-state index contributed by atoms with van der Waals surface area (Å²) in [6, 6.07) is 8.20. The van der Waals surface area contributed by atoms with Crippen LogP contribution >= 0.6 is 0 Å². The van der Waals surface area contributed by atoms with Crippen LogP contribution in [0.4, 0.5) is 10.5 Å². The molecule has 1 aliphatic heterocycles. The average molecular weight is 277 g/mol. The maximum atomic E-state index is 12.3. The highest BCUT2D eigenvalue weighted by Gasteiger charge is 2.26. The minimum absolute atomic E-state index is 0.0839. The van der Waals surface area contributed by atoms with Gasteiger partial charge in [-0.15, -0.1) is 0 Å². The fraction of sp³-hybridized carbons (Fsp3) is 0.533. The second-order valence-corrected chi connectivity index (χ2v) is 5.02. The van der Waals surface area contributed by atoms with E-state index in [-0.39, 0.29) is 6.03 Å². The van der Waals surface area contributed by atoms with Crippen molar-refractivity contribution >= 4 is 11.7 Å². The van der Waals surface area contributed by atoms with Crippen molar-refractivity contribution < 1.29 is 9.53 Å². The summed E-state index contributed by atoms with van der Waals surface area (Å²) in [5.74, 6) is 0. The molecule has 0 bridgehead atoms. The minimum Gasteiger partial charge on any atom is -0.383 e. The zero-order valence-corrected chi connectivity index (χ0v) is 12.3. The highest BCUT2D eigenvalue weighted by Crippen LogP contribution is 2.27. The number of ether oxygens (including phenoxy) is 1. The van der Waals surface area contributed by atoms with E-state index in [9.17, 15) is 4.79 Å². The van der Waals surface area contributed by atoms with Crippen LogP contribution in [-0.2, 0) is 11.3 Å². The molecule has 2 amide bonds. The summed E-state index contributed by atoms with van der Waals surface area (Å²) in [6.45, 7) is 3.88. The third-order valence-electron chi connectivity index (χ3n) is 3.47. The first-order chi connectivity index (χ1) is 9.74. The summed E-state index contributed by atoms with van der Waals surface area (Å²) in [5, 5.41) is 3.30. The zero-order chi connectivity index (χ0) is 14.4. The van der Waals surface area contributed by atoms with E-state index in [0.29, 0.717) is 13.2 Å². The largest absolute Gasteiger partial charge is 0.383 e. The molecule has 110 valence electrons. The van der Waals surface area contributed by atoms with Crippen LogP contribution in [0.2, 0.25) is 0 Å². The second-order valence-electron chi connectivity index (χ2n) is 5.02. The summed E-state index contributed by atoms with van der Waals surface area (Å²) in [7, 11) is 3.54. The molecule has 1 aliphatic rings. The number of methoxy groups -OCH3 is 1. The molecule has 5 nitrogen and oxygen atoms in total. The Labute approximate surface area is 120 Å². The van der Waals surface area contributed by atoms with Crippen molar-refractivity contribution in [3.8, 4) is 0 Å². The molecule has 0 atom stereocenters. The van der Waals surface area contributed by atoms with Crippen LogP contribution in [0, 0.1) is 0 Å². The third kappa shape index (κ3) is 3.49. The molecule has 0 saturated carbocycles. The predicted octanol–water partition coefficient (Wildman–Crippen LogP) is 1.68. The van der Waals surface area contributed by atoms with Crippen LogP contribution in [0.3, 0.4) is 0 Å². The van der Waals surface area contributed by atoms with Gasteiger partial charge in [-0.1, -0.05) is 18.2 Å². The summed E-state index contributed by atoms with van der Waals surface area (Å²) in [6.07, 6.45) is 0.928. The molecule has 20 heavy (non-hydrogen) atoms. The fourth-order valence-corrected chi connectivity index (χ4v) is 2.42. The van der Waals surface area contributed by atoms with Crippen molar-refractivity contribution in [3.05, 3.63) is 29.8 Å². The molecule has 2 rings (SSSR count). The van der Waals surface area contributed by atoms with E-state index in [0.717, 1.165) is 31.7 Å². The number of amides is 2. The van der Waals surface area contributed by atoms with Gasteiger partial charge in [0.1, 0.15) is 0 Å². The monoisotopic (exact) mass is 277 g/mol. The fourth-order valence-electron chi connectivity index (χ4n) is 2.42. The maximum absolute atomic E-state index is 12.3. The number of nitrogens with one attached hydrogen (secondary N) is 1. The van der Waals surface area contributed by atoms with Gasteiger partial charge in [0, 0.05) is 33.8 Å². The molecule has 0 fully saturated rings. The first-order valence-corrected chi connectivity index (χ1v) is 7.04. The van der Waals surface area contributed by atoms with E-state index in [2.05, 4.69) is 11.4 Å². The van der Waals surface area contributed by atoms with Gasteiger partial charge in [0.05, 0.1) is 12.3 Å². The van der Waals surface area contributed by atoms with Gasteiger partial charge in [-0.25, -0.2) is 4.79 Å². The van der Waals surface area contributed by atoms with Crippen molar-refractivity contribution in [2.24, 2.45) is 0 Å². The van der Waals surface area contributed by atoms with Gasteiger partial charge in [-0.05, 0) is 24.6 Å². The Balaban J connectivity index is 1.91. The molecule has 0 saturated heterocycles. The van der Waals surface area contributed by atoms with Crippen LogP contribution in [0.25, 0.3) is 0 Å². The first-order valence-electron chi connectivity index (χ1n) is 7.04.